The Bertz CT molecular complexity index is 445. The number of aryl methyl sites for hydroxylation is 1. The van der Waals surface area contributed by atoms with Crippen LogP contribution >= 0.6 is 0 Å². The van der Waals surface area contributed by atoms with Gasteiger partial charge in [0, 0.05) is 24.1 Å². The first-order valence-corrected chi connectivity index (χ1v) is 5.14. The molecule has 1 atom stereocenters. The van der Waals surface area contributed by atoms with Gasteiger partial charge >= 0.3 is 5.97 Å². The lowest BCUT2D eigenvalue weighted by Crippen LogP contribution is -2.12. The van der Waals surface area contributed by atoms with Gasteiger partial charge in [-0.3, -0.25) is 14.9 Å². The van der Waals surface area contributed by atoms with Crippen LogP contribution in [0.25, 0.3) is 0 Å². The van der Waals surface area contributed by atoms with E-state index in [2.05, 4.69) is 0 Å². The number of nitro benzene ring substituents is 1. The zero-order valence-corrected chi connectivity index (χ0v) is 9.42. The molecule has 1 unspecified atom stereocenters. The molecule has 3 N–H and O–H groups in total. The van der Waals surface area contributed by atoms with Gasteiger partial charge in [0.15, 0.2) is 0 Å². The highest BCUT2D eigenvalue weighted by atomic mass is 16.6. The summed E-state index contributed by atoms with van der Waals surface area (Å²) in [7, 11) is 0. The highest BCUT2D eigenvalue weighted by molar-refractivity contribution is 5.66. The van der Waals surface area contributed by atoms with Gasteiger partial charge in [-0.25, -0.2) is 0 Å². The third-order valence-electron chi connectivity index (χ3n) is 2.53. The maximum atomic E-state index is 10.7. The van der Waals surface area contributed by atoms with Crippen molar-refractivity contribution in [2.75, 3.05) is 0 Å². The lowest BCUT2D eigenvalue weighted by Gasteiger charge is -2.11. The van der Waals surface area contributed by atoms with Crippen molar-refractivity contribution >= 4 is 11.7 Å². The quantitative estimate of drug-likeness (QED) is 0.600. The Kier molecular flexibility index (Phi) is 4.17. The molecule has 0 saturated carbocycles. The van der Waals surface area contributed by atoms with Gasteiger partial charge in [0.25, 0.3) is 5.69 Å². The van der Waals surface area contributed by atoms with Gasteiger partial charge < -0.3 is 10.8 Å². The van der Waals surface area contributed by atoms with Gasteiger partial charge in [-0.15, -0.1) is 0 Å². The Morgan fingerprint density at radius 3 is 2.76 bits per heavy atom. The second-order valence-corrected chi connectivity index (χ2v) is 3.84. The van der Waals surface area contributed by atoms with E-state index >= 15 is 0 Å². The standard InChI is InChI=1S/C11H14N2O4/c1-7-2-3-8(6-10(7)13(16)17)9(12)4-5-11(14)15/h2-3,6,9H,4-5,12H2,1H3,(H,14,15). The molecule has 6 heteroatoms. The summed E-state index contributed by atoms with van der Waals surface area (Å²) in [6.45, 7) is 1.64. The molecular weight excluding hydrogens is 224 g/mol. The van der Waals surface area contributed by atoms with Crippen molar-refractivity contribution in [1.82, 2.24) is 0 Å². The highest BCUT2D eigenvalue weighted by Crippen LogP contribution is 2.24. The van der Waals surface area contributed by atoms with Crippen LogP contribution in [0.4, 0.5) is 5.69 Å². The van der Waals surface area contributed by atoms with Crippen LogP contribution in [0, 0.1) is 17.0 Å². The number of benzene rings is 1. The predicted molar refractivity (Wildman–Crippen MR) is 61.6 cm³/mol. The monoisotopic (exact) mass is 238 g/mol. The summed E-state index contributed by atoms with van der Waals surface area (Å²) in [5.41, 5.74) is 6.93. The fourth-order valence-electron chi connectivity index (χ4n) is 1.50. The Balaban J connectivity index is 2.87. The molecule has 0 fully saturated rings. The third-order valence-corrected chi connectivity index (χ3v) is 2.53. The number of carboxylic acids is 1. The molecule has 0 heterocycles. The van der Waals surface area contributed by atoms with E-state index in [-0.39, 0.29) is 18.5 Å². The molecule has 6 nitrogen and oxygen atoms in total. The molecule has 0 saturated heterocycles. The second kappa shape index (κ2) is 5.40. The van der Waals surface area contributed by atoms with E-state index < -0.39 is 16.9 Å². The molecule has 0 aliphatic carbocycles. The molecule has 0 spiro atoms. The minimum atomic E-state index is -0.929. The maximum Gasteiger partial charge on any atom is 0.303 e. The Morgan fingerprint density at radius 1 is 1.59 bits per heavy atom. The summed E-state index contributed by atoms with van der Waals surface area (Å²) < 4.78 is 0. The van der Waals surface area contributed by atoms with Crippen LogP contribution in [-0.2, 0) is 4.79 Å². The average molecular weight is 238 g/mol. The number of carbonyl (C=O) groups is 1. The van der Waals surface area contributed by atoms with E-state index in [1.807, 2.05) is 0 Å². The molecular formula is C11H14N2O4. The van der Waals surface area contributed by atoms with Gasteiger partial charge in [0.2, 0.25) is 0 Å². The number of nitrogens with two attached hydrogens (primary N) is 1. The van der Waals surface area contributed by atoms with E-state index in [9.17, 15) is 14.9 Å². The molecule has 0 aliphatic rings. The predicted octanol–water partition coefficient (Wildman–Crippen LogP) is 1.77. The Hall–Kier alpha value is -1.95. The van der Waals surface area contributed by atoms with Gasteiger partial charge in [-0.1, -0.05) is 12.1 Å². The summed E-state index contributed by atoms with van der Waals surface area (Å²) >= 11 is 0. The lowest BCUT2D eigenvalue weighted by atomic mass is 10.0. The number of rotatable bonds is 5. The fourth-order valence-corrected chi connectivity index (χ4v) is 1.50. The zero-order valence-electron chi connectivity index (χ0n) is 9.42. The zero-order chi connectivity index (χ0) is 13.0. The smallest absolute Gasteiger partial charge is 0.303 e. The first-order valence-electron chi connectivity index (χ1n) is 5.14. The van der Waals surface area contributed by atoms with Crippen molar-refractivity contribution in [3.05, 3.63) is 39.4 Å². The summed E-state index contributed by atoms with van der Waals surface area (Å²) in [5, 5.41) is 19.3. The molecule has 0 radical (unpaired) electrons. The molecule has 1 aromatic carbocycles. The lowest BCUT2D eigenvalue weighted by molar-refractivity contribution is -0.385. The number of carboxylic acid groups (broad SMARTS) is 1. The Labute approximate surface area is 98.2 Å². The fraction of sp³-hybridized carbons (Fsp3) is 0.364. The van der Waals surface area contributed by atoms with E-state index in [1.54, 1.807) is 19.1 Å². The van der Waals surface area contributed by atoms with Crippen LogP contribution in [0.3, 0.4) is 0 Å². The molecule has 17 heavy (non-hydrogen) atoms. The minimum absolute atomic E-state index is 0.00766. The van der Waals surface area contributed by atoms with Gasteiger partial charge in [0.05, 0.1) is 4.92 Å². The van der Waals surface area contributed by atoms with Gasteiger partial charge in [-0.05, 0) is 18.9 Å². The topological polar surface area (TPSA) is 106 Å². The molecule has 1 aromatic rings. The number of nitro groups is 1. The van der Waals surface area contributed by atoms with Crippen molar-refractivity contribution in [3.63, 3.8) is 0 Å². The largest absolute Gasteiger partial charge is 0.481 e. The summed E-state index contributed by atoms with van der Waals surface area (Å²) in [4.78, 5) is 20.7. The van der Waals surface area contributed by atoms with Crippen molar-refractivity contribution in [3.8, 4) is 0 Å². The molecule has 0 aliphatic heterocycles. The van der Waals surface area contributed by atoms with Crippen LogP contribution in [0.2, 0.25) is 0 Å². The number of hydrogen-bond acceptors (Lipinski definition) is 4. The van der Waals surface area contributed by atoms with Crippen LogP contribution in [-0.4, -0.2) is 16.0 Å². The molecule has 0 amide bonds. The molecule has 0 bridgehead atoms. The molecule has 92 valence electrons. The number of hydrogen-bond donors (Lipinski definition) is 2. The average Bonchev–Trinajstić information content (AvgIpc) is 2.26. The minimum Gasteiger partial charge on any atom is -0.481 e. The third kappa shape index (κ3) is 3.53. The summed E-state index contributed by atoms with van der Waals surface area (Å²) in [6, 6.07) is 4.22. The van der Waals surface area contributed by atoms with Gasteiger partial charge in [0.1, 0.15) is 0 Å². The number of aliphatic carboxylic acids is 1. The maximum absolute atomic E-state index is 10.7. The SMILES string of the molecule is Cc1ccc(C(N)CCC(=O)O)cc1[N+](=O)[O-]. The van der Waals surface area contributed by atoms with E-state index in [4.69, 9.17) is 10.8 Å². The second-order valence-electron chi connectivity index (χ2n) is 3.84. The Morgan fingerprint density at radius 2 is 2.24 bits per heavy atom. The summed E-state index contributed by atoms with van der Waals surface area (Å²) in [5.74, 6) is -0.929. The molecule has 1 rings (SSSR count). The van der Waals surface area contributed by atoms with E-state index in [0.29, 0.717) is 11.1 Å². The van der Waals surface area contributed by atoms with E-state index in [0.717, 1.165) is 0 Å². The van der Waals surface area contributed by atoms with Gasteiger partial charge in [-0.2, -0.15) is 0 Å². The highest BCUT2D eigenvalue weighted by Gasteiger charge is 2.15. The summed E-state index contributed by atoms with van der Waals surface area (Å²) in [6.07, 6.45) is 0.207. The van der Waals surface area contributed by atoms with Crippen LogP contribution in [0.5, 0.6) is 0 Å². The van der Waals surface area contributed by atoms with Crippen molar-refractivity contribution in [1.29, 1.82) is 0 Å². The van der Waals surface area contributed by atoms with Crippen LogP contribution in [0.1, 0.15) is 30.0 Å². The first-order chi connectivity index (χ1) is 7.91. The van der Waals surface area contributed by atoms with Crippen molar-refractivity contribution in [2.45, 2.75) is 25.8 Å². The van der Waals surface area contributed by atoms with Crippen LogP contribution < -0.4 is 5.73 Å². The van der Waals surface area contributed by atoms with Crippen molar-refractivity contribution in [2.24, 2.45) is 5.73 Å². The first kappa shape index (κ1) is 13.1. The normalized spacial score (nSPS) is 12.1. The van der Waals surface area contributed by atoms with Crippen molar-refractivity contribution < 1.29 is 14.8 Å². The number of nitrogens with zero attached hydrogens (tertiary/aromatic N) is 1. The van der Waals surface area contributed by atoms with E-state index in [1.165, 1.54) is 6.07 Å². The molecule has 0 aromatic heterocycles. The van der Waals surface area contributed by atoms with Crippen LogP contribution in [0.15, 0.2) is 18.2 Å².